The van der Waals surface area contributed by atoms with E-state index in [0.29, 0.717) is 30.5 Å². The van der Waals surface area contributed by atoms with Crippen molar-refractivity contribution in [2.24, 2.45) is 0 Å². The molecule has 0 radical (unpaired) electrons. The van der Waals surface area contributed by atoms with Crippen LogP contribution in [0.3, 0.4) is 0 Å². The number of hydrogen-bond acceptors (Lipinski definition) is 5. The van der Waals surface area contributed by atoms with E-state index < -0.39 is 17.2 Å². The number of hydrogen-bond donors (Lipinski definition) is 2. The second-order valence-electron chi connectivity index (χ2n) is 6.50. The van der Waals surface area contributed by atoms with Gasteiger partial charge in [0.1, 0.15) is 5.82 Å². The molecule has 0 aliphatic rings. The van der Waals surface area contributed by atoms with Crippen LogP contribution in [0.15, 0.2) is 33.9 Å². The minimum atomic E-state index is -0.687. The van der Waals surface area contributed by atoms with Crippen LogP contribution in [0.25, 0.3) is 0 Å². The first-order chi connectivity index (χ1) is 13.4. The predicted octanol–water partition coefficient (Wildman–Crippen LogP) is 2.24. The van der Waals surface area contributed by atoms with Gasteiger partial charge in [-0.3, -0.25) is 19.1 Å². The van der Waals surface area contributed by atoms with Crippen LogP contribution in [0.2, 0.25) is 0 Å². The molecule has 1 amide bonds. The molecule has 0 saturated heterocycles. The number of nitrogen functional groups attached to an aromatic ring is 1. The highest BCUT2D eigenvalue weighted by molar-refractivity contribution is 6.07. The van der Waals surface area contributed by atoms with Crippen LogP contribution in [0, 0.1) is 11.3 Å². The molecule has 148 valence electrons. The number of unbranched alkanes of at least 4 members (excludes halogenated alkanes) is 2. The fraction of sp³-hybridized carbons (Fsp3) is 0.400. The Bertz CT molecular complexity index is 983. The van der Waals surface area contributed by atoms with Gasteiger partial charge < -0.3 is 10.6 Å². The summed E-state index contributed by atoms with van der Waals surface area (Å²) in [5.74, 6) is -0.420. The molecule has 0 saturated carbocycles. The number of nitrogens with two attached hydrogens (primary N) is 1. The highest BCUT2D eigenvalue weighted by Gasteiger charge is 2.24. The summed E-state index contributed by atoms with van der Waals surface area (Å²) in [6, 6.07) is 8.17. The summed E-state index contributed by atoms with van der Waals surface area (Å²) in [6.07, 6.45) is 3.04. The summed E-state index contributed by atoms with van der Waals surface area (Å²) in [5.41, 5.74) is 5.65. The molecule has 8 heteroatoms. The Kier molecular flexibility index (Phi) is 7.15. The van der Waals surface area contributed by atoms with Gasteiger partial charge in [-0.25, -0.2) is 4.79 Å². The average molecular weight is 383 g/mol. The number of nitrogens with one attached hydrogen (secondary N) is 1. The summed E-state index contributed by atoms with van der Waals surface area (Å²) in [6.45, 7) is 4.60. The van der Waals surface area contributed by atoms with E-state index in [0.717, 1.165) is 12.8 Å². The zero-order valence-corrected chi connectivity index (χ0v) is 16.2. The minimum Gasteiger partial charge on any atom is -0.383 e. The van der Waals surface area contributed by atoms with E-state index in [-0.39, 0.29) is 18.1 Å². The van der Waals surface area contributed by atoms with Gasteiger partial charge in [-0.1, -0.05) is 26.7 Å². The minimum absolute atomic E-state index is 0.0136. The molecule has 1 heterocycles. The summed E-state index contributed by atoms with van der Waals surface area (Å²) >= 11 is 0. The Morgan fingerprint density at radius 2 is 1.82 bits per heavy atom. The maximum atomic E-state index is 13.1. The number of anilines is 2. The molecule has 0 aliphatic carbocycles. The molecule has 3 N–H and O–H groups in total. The Labute approximate surface area is 163 Å². The molecule has 8 nitrogen and oxygen atoms in total. The summed E-state index contributed by atoms with van der Waals surface area (Å²) < 4.78 is 1.30. The van der Waals surface area contributed by atoms with Crippen molar-refractivity contribution in [3.63, 3.8) is 0 Å². The lowest BCUT2D eigenvalue weighted by Crippen LogP contribution is -2.41. The van der Waals surface area contributed by atoms with Gasteiger partial charge in [-0.2, -0.15) is 5.26 Å². The third kappa shape index (κ3) is 4.49. The molecule has 0 aliphatic heterocycles. The third-order valence-electron chi connectivity index (χ3n) is 4.46. The standard InChI is InChI=1S/C20H25N5O3/c1-3-5-11-24(19(27)15-9-7-14(13-21)8-10-15)16-17(22)25(12-6-4-2)20(28)23-18(16)26/h7-10H,3-6,11-12,22H2,1-2H3,(H,23,26,28). The van der Waals surface area contributed by atoms with E-state index in [1.54, 1.807) is 12.1 Å². The lowest BCUT2D eigenvalue weighted by molar-refractivity contribution is 0.0986. The first-order valence-electron chi connectivity index (χ1n) is 9.39. The molecular formula is C20H25N5O3. The normalized spacial score (nSPS) is 10.5. The van der Waals surface area contributed by atoms with Crippen molar-refractivity contribution >= 4 is 17.4 Å². The fourth-order valence-electron chi connectivity index (χ4n) is 2.85. The number of aromatic nitrogens is 2. The molecule has 0 spiro atoms. The first kappa shape index (κ1) is 21.0. The molecule has 0 fully saturated rings. The van der Waals surface area contributed by atoms with Crippen LogP contribution in [0.4, 0.5) is 11.5 Å². The van der Waals surface area contributed by atoms with Crippen molar-refractivity contribution in [3.05, 3.63) is 56.2 Å². The van der Waals surface area contributed by atoms with Crippen molar-refractivity contribution in [2.75, 3.05) is 17.2 Å². The molecule has 0 bridgehead atoms. The van der Waals surface area contributed by atoms with Crippen molar-refractivity contribution in [2.45, 2.75) is 46.1 Å². The number of amides is 1. The number of carbonyl (C=O) groups is 1. The highest BCUT2D eigenvalue weighted by atomic mass is 16.2. The molecule has 1 aromatic heterocycles. The van der Waals surface area contributed by atoms with Crippen LogP contribution in [-0.2, 0) is 6.54 Å². The molecule has 0 atom stereocenters. The topological polar surface area (TPSA) is 125 Å². The Hall–Kier alpha value is -3.34. The van der Waals surface area contributed by atoms with Gasteiger partial charge in [0.15, 0.2) is 5.69 Å². The second-order valence-corrected chi connectivity index (χ2v) is 6.50. The van der Waals surface area contributed by atoms with E-state index in [1.807, 2.05) is 19.9 Å². The van der Waals surface area contributed by atoms with Crippen LogP contribution < -0.4 is 21.9 Å². The van der Waals surface area contributed by atoms with Crippen LogP contribution in [-0.4, -0.2) is 22.0 Å². The average Bonchev–Trinajstić information content (AvgIpc) is 2.69. The highest BCUT2D eigenvalue weighted by Crippen LogP contribution is 2.21. The number of aromatic amines is 1. The molecule has 28 heavy (non-hydrogen) atoms. The molecule has 2 aromatic rings. The molecule has 0 unspecified atom stereocenters. The van der Waals surface area contributed by atoms with Gasteiger partial charge in [0.2, 0.25) is 0 Å². The van der Waals surface area contributed by atoms with E-state index >= 15 is 0 Å². The van der Waals surface area contributed by atoms with Gasteiger partial charge in [0, 0.05) is 18.7 Å². The number of carbonyl (C=O) groups excluding carboxylic acids is 1. The fourth-order valence-corrected chi connectivity index (χ4v) is 2.85. The maximum Gasteiger partial charge on any atom is 0.330 e. The third-order valence-corrected chi connectivity index (χ3v) is 4.46. The largest absolute Gasteiger partial charge is 0.383 e. The number of benzene rings is 1. The van der Waals surface area contributed by atoms with Gasteiger partial charge in [0.25, 0.3) is 11.5 Å². The van der Waals surface area contributed by atoms with Gasteiger partial charge >= 0.3 is 5.69 Å². The molecule has 2 rings (SSSR count). The number of H-pyrrole nitrogens is 1. The SMILES string of the molecule is CCCCN(C(=O)c1ccc(C#N)cc1)c1c(N)n(CCCC)c(=O)[nH]c1=O. The zero-order valence-electron chi connectivity index (χ0n) is 16.2. The van der Waals surface area contributed by atoms with Crippen LogP contribution >= 0.6 is 0 Å². The summed E-state index contributed by atoms with van der Waals surface area (Å²) in [7, 11) is 0. The van der Waals surface area contributed by atoms with Crippen molar-refractivity contribution in [1.82, 2.24) is 9.55 Å². The summed E-state index contributed by atoms with van der Waals surface area (Å²) in [5, 5.41) is 8.93. The molecule has 1 aromatic carbocycles. The Morgan fingerprint density at radius 3 is 2.39 bits per heavy atom. The summed E-state index contributed by atoms with van der Waals surface area (Å²) in [4.78, 5) is 41.4. The van der Waals surface area contributed by atoms with E-state index in [1.165, 1.54) is 21.6 Å². The van der Waals surface area contributed by atoms with Crippen LogP contribution in [0.1, 0.15) is 55.5 Å². The quantitative estimate of drug-likeness (QED) is 0.723. The smallest absolute Gasteiger partial charge is 0.330 e. The zero-order chi connectivity index (χ0) is 20.7. The van der Waals surface area contributed by atoms with Crippen LogP contribution in [0.5, 0.6) is 0 Å². The molecular weight excluding hydrogens is 358 g/mol. The van der Waals surface area contributed by atoms with Crippen molar-refractivity contribution in [3.8, 4) is 6.07 Å². The Morgan fingerprint density at radius 1 is 1.18 bits per heavy atom. The number of nitrogens with zero attached hydrogens (tertiary/aromatic N) is 3. The monoisotopic (exact) mass is 383 g/mol. The van der Waals surface area contributed by atoms with Crippen molar-refractivity contribution in [1.29, 1.82) is 5.26 Å². The second kappa shape index (κ2) is 9.55. The van der Waals surface area contributed by atoms with Gasteiger partial charge in [0.05, 0.1) is 11.6 Å². The first-order valence-corrected chi connectivity index (χ1v) is 9.39. The lowest BCUT2D eigenvalue weighted by atomic mass is 10.1. The van der Waals surface area contributed by atoms with Crippen molar-refractivity contribution < 1.29 is 4.79 Å². The number of rotatable bonds is 8. The number of nitriles is 1. The maximum absolute atomic E-state index is 13.1. The van der Waals surface area contributed by atoms with E-state index in [9.17, 15) is 14.4 Å². The predicted molar refractivity (Wildman–Crippen MR) is 108 cm³/mol. The van der Waals surface area contributed by atoms with Gasteiger partial charge in [-0.05, 0) is 37.1 Å². The van der Waals surface area contributed by atoms with Gasteiger partial charge in [-0.15, -0.1) is 0 Å². The van der Waals surface area contributed by atoms with E-state index in [4.69, 9.17) is 11.0 Å². The lowest BCUT2D eigenvalue weighted by Gasteiger charge is -2.24. The van der Waals surface area contributed by atoms with E-state index in [2.05, 4.69) is 4.98 Å². The Balaban J connectivity index is 2.55.